The van der Waals surface area contributed by atoms with Gasteiger partial charge in [0.15, 0.2) is 0 Å². The van der Waals surface area contributed by atoms with Crippen LogP contribution in [0.25, 0.3) is 0 Å². The summed E-state index contributed by atoms with van der Waals surface area (Å²) in [7, 11) is 0. The van der Waals surface area contributed by atoms with E-state index in [-0.39, 0.29) is 31.5 Å². The van der Waals surface area contributed by atoms with Crippen LogP contribution in [-0.2, 0) is 16.1 Å². The Morgan fingerprint density at radius 2 is 1.71 bits per heavy atom. The zero-order valence-electron chi connectivity index (χ0n) is 13.9. The van der Waals surface area contributed by atoms with Crippen molar-refractivity contribution in [2.75, 3.05) is 13.1 Å². The van der Waals surface area contributed by atoms with Crippen molar-refractivity contribution in [1.29, 1.82) is 0 Å². The summed E-state index contributed by atoms with van der Waals surface area (Å²) in [5, 5.41) is 7.53. The molecule has 1 aromatic carbocycles. The molecule has 0 spiro atoms. The van der Waals surface area contributed by atoms with Gasteiger partial charge in [-0.05, 0) is 11.5 Å². The van der Waals surface area contributed by atoms with Crippen molar-refractivity contribution in [3.63, 3.8) is 0 Å². The second-order valence-electron chi connectivity index (χ2n) is 5.51. The van der Waals surface area contributed by atoms with Crippen LogP contribution in [0.3, 0.4) is 0 Å². The third-order valence-electron chi connectivity index (χ3n) is 3.16. The number of benzene rings is 1. The smallest absolute Gasteiger partial charge is 0.408 e. The molecule has 0 fully saturated rings. The first-order valence-corrected chi connectivity index (χ1v) is 7.68. The van der Waals surface area contributed by atoms with Crippen molar-refractivity contribution in [2.45, 2.75) is 26.5 Å². The number of urea groups is 1. The normalized spacial score (nSPS) is 11.5. The SMILES string of the molecule is CC(C)[C@H](NC(=O)OCc1ccccc1)C(=O)NCCNC(N)=O. The van der Waals surface area contributed by atoms with E-state index < -0.39 is 18.2 Å². The molecule has 0 aliphatic rings. The molecule has 1 rings (SSSR count). The van der Waals surface area contributed by atoms with Crippen LogP contribution in [0.5, 0.6) is 0 Å². The number of hydrogen-bond donors (Lipinski definition) is 4. The van der Waals surface area contributed by atoms with Gasteiger partial charge in [-0.2, -0.15) is 0 Å². The molecule has 1 aromatic rings. The molecule has 132 valence electrons. The first-order valence-electron chi connectivity index (χ1n) is 7.68. The molecule has 0 aliphatic carbocycles. The number of alkyl carbamates (subject to hydrolysis) is 1. The number of amides is 4. The molecule has 0 heterocycles. The molecule has 0 aromatic heterocycles. The van der Waals surface area contributed by atoms with E-state index in [2.05, 4.69) is 16.0 Å². The largest absolute Gasteiger partial charge is 0.445 e. The predicted molar refractivity (Wildman–Crippen MR) is 89.0 cm³/mol. The molecule has 1 atom stereocenters. The lowest BCUT2D eigenvalue weighted by Crippen LogP contribution is -2.51. The van der Waals surface area contributed by atoms with Gasteiger partial charge in [0, 0.05) is 13.1 Å². The molecule has 4 amide bonds. The summed E-state index contributed by atoms with van der Waals surface area (Å²) in [6.07, 6.45) is -0.664. The number of hydrogen-bond acceptors (Lipinski definition) is 4. The summed E-state index contributed by atoms with van der Waals surface area (Å²) >= 11 is 0. The summed E-state index contributed by atoms with van der Waals surface area (Å²) in [5.41, 5.74) is 5.79. The maximum atomic E-state index is 12.1. The molecule has 0 radical (unpaired) electrons. The minimum absolute atomic E-state index is 0.127. The Hall–Kier alpha value is -2.77. The zero-order chi connectivity index (χ0) is 17.9. The second kappa shape index (κ2) is 10.1. The minimum atomic E-state index is -0.734. The number of nitrogens with one attached hydrogen (secondary N) is 3. The molecule has 0 aliphatic heterocycles. The van der Waals surface area contributed by atoms with Gasteiger partial charge in [-0.25, -0.2) is 9.59 Å². The second-order valence-corrected chi connectivity index (χ2v) is 5.51. The topological polar surface area (TPSA) is 123 Å². The van der Waals surface area contributed by atoms with Crippen molar-refractivity contribution in [3.8, 4) is 0 Å². The quantitative estimate of drug-likeness (QED) is 0.522. The maximum Gasteiger partial charge on any atom is 0.408 e. The molecule has 5 N–H and O–H groups in total. The van der Waals surface area contributed by atoms with Crippen LogP contribution in [0.4, 0.5) is 9.59 Å². The first kappa shape index (κ1) is 19.3. The van der Waals surface area contributed by atoms with Gasteiger partial charge in [0.2, 0.25) is 5.91 Å². The van der Waals surface area contributed by atoms with Crippen LogP contribution in [0.1, 0.15) is 19.4 Å². The molecular formula is C16H24N4O4. The number of carbonyl (C=O) groups excluding carboxylic acids is 3. The van der Waals surface area contributed by atoms with E-state index in [0.29, 0.717) is 0 Å². The Morgan fingerprint density at radius 1 is 1.08 bits per heavy atom. The Kier molecular flexibility index (Phi) is 8.10. The van der Waals surface area contributed by atoms with Crippen molar-refractivity contribution >= 4 is 18.0 Å². The molecule has 8 heteroatoms. The van der Waals surface area contributed by atoms with Gasteiger partial charge >= 0.3 is 12.1 Å². The van der Waals surface area contributed by atoms with E-state index in [0.717, 1.165) is 5.56 Å². The summed E-state index contributed by atoms with van der Waals surface area (Å²) in [5.74, 6) is -0.480. The molecule has 24 heavy (non-hydrogen) atoms. The number of nitrogens with two attached hydrogens (primary N) is 1. The molecular weight excluding hydrogens is 312 g/mol. The van der Waals surface area contributed by atoms with Gasteiger partial charge in [-0.3, -0.25) is 4.79 Å². The fourth-order valence-corrected chi connectivity index (χ4v) is 1.91. The highest BCUT2D eigenvalue weighted by molar-refractivity contribution is 5.85. The van der Waals surface area contributed by atoms with E-state index in [1.54, 1.807) is 0 Å². The van der Waals surface area contributed by atoms with Crippen molar-refractivity contribution in [1.82, 2.24) is 16.0 Å². The highest BCUT2D eigenvalue weighted by Gasteiger charge is 2.24. The Morgan fingerprint density at radius 3 is 2.29 bits per heavy atom. The lowest BCUT2D eigenvalue weighted by atomic mass is 10.0. The molecule has 8 nitrogen and oxygen atoms in total. The highest BCUT2D eigenvalue weighted by atomic mass is 16.5. The monoisotopic (exact) mass is 336 g/mol. The third kappa shape index (κ3) is 7.48. The Bertz CT molecular complexity index is 548. The van der Waals surface area contributed by atoms with Crippen molar-refractivity contribution in [2.24, 2.45) is 11.7 Å². The van der Waals surface area contributed by atoms with Crippen LogP contribution in [-0.4, -0.2) is 37.2 Å². The lowest BCUT2D eigenvalue weighted by Gasteiger charge is -2.21. The maximum absolute atomic E-state index is 12.1. The third-order valence-corrected chi connectivity index (χ3v) is 3.16. The van der Waals surface area contributed by atoms with Gasteiger partial charge in [0.05, 0.1) is 0 Å². The Balaban J connectivity index is 2.42. The number of carbonyl (C=O) groups is 3. The average Bonchev–Trinajstić information content (AvgIpc) is 2.55. The van der Waals surface area contributed by atoms with E-state index in [9.17, 15) is 14.4 Å². The van der Waals surface area contributed by atoms with Crippen LogP contribution in [0.15, 0.2) is 30.3 Å². The van der Waals surface area contributed by atoms with E-state index in [4.69, 9.17) is 10.5 Å². The predicted octanol–water partition coefficient (Wildman–Crippen LogP) is 0.722. The van der Waals surface area contributed by atoms with Crippen LogP contribution in [0.2, 0.25) is 0 Å². The van der Waals surface area contributed by atoms with Gasteiger partial charge in [-0.1, -0.05) is 44.2 Å². The number of primary amides is 1. The van der Waals surface area contributed by atoms with E-state index in [1.807, 2.05) is 44.2 Å². The van der Waals surface area contributed by atoms with Crippen molar-refractivity contribution < 1.29 is 19.1 Å². The lowest BCUT2D eigenvalue weighted by molar-refractivity contribution is -0.124. The summed E-state index contributed by atoms with van der Waals surface area (Å²) in [6, 6.07) is 7.85. The van der Waals surface area contributed by atoms with Gasteiger partial charge in [0.25, 0.3) is 0 Å². The van der Waals surface area contributed by atoms with Gasteiger partial charge in [-0.15, -0.1) is 0 Å². The standard InChI is InChI=1S/C16H24N4O4/c1-11(2)13(14(21)18-8-9-19-15(17)22)20-16(23)24-10-12-6-4-3-5-7-12/h3-7,11,13H,8-10H2,1-2H3,(H,18,21)(H,20,23)(H3,17,19,22)/t13-/m0/s1. The molecule has 0 saturated carbocycles. The Labute approximate surface area is 141 Å². The van der Waals surface area contributed by atoms with Crippen LogP contribution >= 0.6 is 0 Å². The minimum Gasteiger partial charge on any atom is -0.445 e. The molecule has 0 bridgehead atoms. The number of rotatable bonds is 8. The summed E-state index contributed by atoms with van der Waals surface area (Å²) in [6.45, 7) is 4.17. The molecule has 0 saturated heterocycles. The van der Waals surface area contributed by atoms with E-state index >= 15 is 0 Å². The molecule has 0 unspecified atom stereocenters. The highest BCUT2D eigenvalue weighted by Crippen LogP contribution is 2.04. The summed E-state index contributed by atoms with van der Waals surface area (Å²) in [4.78, 5) is 34.5. The average molecular weight is 336 g/mol. The van der Waals surface area contributed by atoms with Gasteiger partial charge < -0.3 is 26.4 Å². The van der Waals surface area contributed by atoms with E-state index in [1.165, 1.54) is 0 Å². The zero-order valence-corrected chi connectivity index (χ0v) is 13.9. The van der Waals surface area contributed by atoms with Gasteiger partial charge in [0.1, 0.15) is 12.6 Å². The van der Waals surface area contributed by atoms with Crippen LogP contribution in [0, 0.1) is 5.92 Å². The number of ether oxygens (including phenoxy) is 1. The first-order chi connectivity index (χ1) is 11.4. The van der Waals surface area contributed by atoms with Crippen molar-refractivity contribution in [3.05, 3.63) is 35.9 Å². The summed E-state index contributed by atoms with van der Waals surface area (Å²) < 4.78 is 5.11. The van der Waals surface area contributed by atoms with Crippen LogP contribution < -0.4 is 21.7 Å². The fourth-order valence-electron chi connectivity index (χ4n) is 1.91. The fraction of sp³-hybridized carbons (Fsp3) is 0.438.